The molecule has 1 fully saturated rings. The van der Waals surface area contributed by atoms with Crippen LogP contribution in [0.25, 0.3) is 0 Å². The highest BCUT2D eigenvalue weighted by Gasteiger charge is 2.46. The summed E-state index contributed by atoms with van der Waals surface area (Å²) in [6.45, 7) is 6.00. The molecular formula is C27H46O6. The lowest BCUT2D eigenvalue weighted by Gasteiger charge is -2.35. The molecule has 1 aliphatic rings. The van der Waals surface area contributed by atoms with Crippen molar-refractivity contribution in [3.8, 4) is 0 Å². The van der Waals surface area contributed by atoms with E-state index in [-0.39, 0.29) is 25.7 Å². The fraction of sp³-hybridized carbons (Fsp3) is 0.778. The maximum Gasteiger partial charge on any atom is 0.341 e. The minimum absolute atomic E-state index is 0.0425. The number of allylic oxidation sites excluding steroid dienone is 4. The zero-order valence-electron chi connectivity index (χ0n) is 21.0. The Morgan fingerprint density at radius 3 is 2.58 bits per heavy atom. The first-order valence-corrected chi connectivity index (χ1v) is 12.9. The quantitative estimate of drug-likeness (QED) is 0.169. The Morgan fingerprint density at radius 2 is 1.91 bits per heavy atom. The number of carbonyl (C=O) groups excluding carboxylic acids is 2. The largest absolute Gasteiger partial charge is 0.464 e. The monoisotopic (exact) mass is 466 g/mol. The first kappa shape index (κ1) is 29.5. The molecular weight excluding hydrogens is 420 g/mol. The number of rotatable bonds is 18. The van der Waals surface area contributed by atoms with Gasteiger partial charge in [0.25, 0.3) is 0 Å². The molecule has 0 spiro atoms. The van der Waals surface area contributed by atoms with Gasteiger partial charge in [0.2, 0.25) is 0 Å². The van der Waals surface area contributed by atoms with Crippen molar-refractivity contribution in [2.24, 2.45) is 11.8 Å². The smallest absolute Gasteiger partial charge is 0.341 e. The Morgan fingerprint density at radius 1 is 1.15 bits per heavy atom. The van der Waals surface area contributed by atoms with E-state index in [4.69, 9.17) is 14.6 Å². The van der Waals surface area contributed by atoms with E-state index in [1.807, 2.05) is 0 Å². The molecule has 6 nitrogen and oxygen atoms in total. The summed E-state index contributed by atoms with van der Waals surface area (Å²) in [5, 5.41) is 19.9. The summed E-state index contributed by atoms with van der Waals surface area (Å²) < 4.78 is 11.0. The zero-order valence-corrected chi connectivity index (χ0v) is 21.0. The van der Waals surface area contributed by atoms with Crippen molar-refractivity contribution in [2.75, 3.05) is 19.8 Å². The second-order valence-electron chi connectivity index (χ2n) is 8.85. The average Bonchev–Trinajstić information content (AvgIpc) is 3.16. The van der Waals surface area contributed by atoms with Gasteiger partial charge in [-0.2, -0.15) is 0 Å². The normalized spacial score (nSPS) is 21.7. The Hall–Kier alpha value is -1.50. The van der Waals surface area contributed by atoms with Gasteiger partial charge >= 0.3 is 5.97 Å². The number of esters is 1. The number of aliphatic hydroxyl groups is 2. The zero-order chi connectivity index (χ0) is 24.5. The molecule has 0 aromatic carbocycles. The van der Waals surface area contributed by atoms with Gasteiger partial charge in [0.05, 0.1) is 19.3 Å². The van der Waals surface area contributed by atoms with Crippen LogP contribution in [0.5, 0.6) is 0 Å². The van der Waals surface area contributed by atoms with Crippen LogP contribution in [0.1, 0.15) is 91.4 Å². The summed E-state index contributed by atoms with van der Waals surface area (Å²) in [6.07, 6.45) is 15.9. The van der Waals surface area contributed by atoms with Crippen molar-refractivity contribution in [3.05, 3.63) is 24.3 Å². The molecule has 1 aliphatic carbocycles. The van der Waals surface area contributed by atoms with Gasteiger partial charge in [-0.15, -0.1) is 0 Å². The van der Waals surface area contributed by atoms with E-state index < -0.39 is 17.7 Å². The molecule has 2 unspecified atom stereocenters. The van der Waals surface area contributed by atoms with Gasteiger partial charge < -0.3 is 19.7 Å². The van der Waals surface area contributed by atoms with Crippen LogP contribution < -0.4 is 0 Å². The number of ketones is 1. The van der Waals surface area contributed by atoms with Gasteiger partial charge in [-0.25, -0.2) is 4.79 Å². The van der Waals surface area contributed by atoms with Gasteiger partial charge in [-0.1, -0.05) is 51.0 Å². The van der Waals surface area contributed by atoms with Crippen LogP contribution in [0.4, 0.5) is 0 Å². The molecule has 0 saturated heterocycles. The SMILES string of the molecule is CCC=CCCC=C[C@H]1CCC(=O)[C@@H]1CCCCC(O)C(CC)(OCCCO)C(=O)OCC. The van der Waals surface area contributed by atoms with E-state index in [9.17, 15) is 14.7 Å². The molecule has 1 rings (SSSR count). The standard InChI is InChI=1S/C27H46O6/c1-4-7-8-9-10-11-15-22-18-19-24(29)23(22)16-12-13-17-25(30)27(5-2,26(31)32-6-3)33-21-14-20-28/h7-8,11,15,22-23,25,28,30H,4-6,9-10,12-14,16-21H2,1-3H3/t22-,23+,25?,27?/m0/s1. The maximum absolute atomic E-state index is 12.6. The molecule has 0 amide bonds. The Kier molecular flexibility index (Phi) is 15.2. The van der Waals surface area contributed by atoms with Crippen LogP contribution in [0, 0.1) is 11.8 Å². The first-order valence-electron chi connectivity index (χ1n) is 12.9. The predicted molar refractivity (Wildman–Crippen MR) is 131 cm³/mol. The number of ether oxygens (including phenoxy) is 2. The molecule has 2 N–H and O–H groups in total. The molecule has 0 heterocycles. The molecule has 0 aromatic rings. The fourth-order valence-electron chi connectivity index (χ4n) is 4.57. The lowest BCUT2D eigenvalue weighted by molar-refractivity contribution is -0.191. The fourth-order valence-corrected chi connectivity index (χ4v) is 4.57. The third-order valence-corrected chi connectivity index (χ3v) is 6.53. The van der Waals surface area contributed by atoms with Crippen molar-refractivity contribution >= 4 is 11.8 Å². The second-order valence-corrected chi connectivity index (χ2v) is 8.85. The Bertz CT molecular complexity index is 614. The van der Waals surface area contributed by atoms with Crippen LogP contribution in [0.3, 0.4) is 0 Å². The summed E-state index contributed by atoms with van der Waals surface area (Å²) in [7, 11) is 0. The molecule has 6 heteroatoms. The van der Waals surface area contributed by atoms with Gasteiger partial charge in [-0.3, -0.25) is 4.79 Å². The third-order valence-electron chi connectivity index (χ3n) is 6.53. The maximum atomic E-state index is 12.6. The van der Waals surface area contributed by atoms with Crippen LogP contribution in [-0.4, -0.2) is 53.5 Å². The van der Waals surface area contributed by atoms with E-state index in [2.05, 4.69) is 31.2 Å². The van der Waals surface area contributed by atoms with Crippen LogP contribution in [0.2, 0.25) is 0 Å². The number of hydrogen-bond acceptors (Lipinski definition) is 6. The molecule has 190 valence electrons. The van der Waals surface area contributed by atoms with E-state index in [1.165, 1.54) is 0 Å². The highest BCUT2D eigenvalue weighted by molar-refractivity contribution is 5.83. The van der Waals surface area contributed by atoms with E-state index in [1.54, 1.807) is 13.8 Å². The first-order chi connectivity index (χ1) is 16.0. The Labute approximate surface area is 200 Å². The lowest BCUT2D eigenvalue weighted by Crippen LogP contribution is -2.52. The predicted octanol–water partition coefficient (Wildman–Crippen LogP) is 4.92. The van der Waals surface area contributed by atoms with Gasteiger partial charge in [0, 0.05) is 18.9 Å². The molecule has 1 saturated carbocycles. The van der Waals surface area contributed by atoms with Crippen molar-refractivity contribution in [1.82, 2.24) is 0 Å². The molecule has 0 aliphatic heterocycles. The summed E-state index contributed by atoms with van der Waals surface area (Å²) in [5.41, 5.74) is -1.41. The van der Waals surface area contributed by atoms with E-state index >= 15 is 0 Å². The summed E-state index contributed by atoms with van der Waals surface area (Å²) in [5.74, 6) is 0.167. The summed E-state index contributed by atoms with van der Waals surface area (Å²) in [6, 6.07) is 0. The second kappa shape index (κ2) is 17.0. The van der Waals surface area contributed by atoms with Gasteiger partial charge in [0.15, 0.2) is 5.60 Å². The molecule has 0 aromatic heterocycles. The minimum Gasteiger partial charge on any atom is -0.464 e. The number of Topliss-reactive ketones (excluding diaryl/α,β-unsaturated/α-hetero) is 1. The summed E-state index contributed by atoms with van der Waals surface area (Å²) in [4.78, 5) is 25.0. The average molecular weight is 467 g/mol. The van der Waals surface area contributed by atoms with Crippen molar-refractivity contribution in [1.29, 1.82) is 0 Å². The van der Waals surface area contributed by atoms with Crippen molar-refractivity contribution in [2.45, 2.75) is 103 Å². The lowest BCUT2D eigenvalue weighted by atomic mass is 9.86. The number of carbonyl (C=O) groups is 2. The number of hydrogen-bond donors (Lipinski definition) is 2. The van der Waals surface area contributed by atoms with E-state index in [0.717, 1.165) is 38.5 Å². The van der Waals surface area contributed by atoms with Crippen molar-refractivity contribution in [3.63, 3.8) is 0 Å². The van der Waals surface area contributed by atoms with Crippen LogP contribution in [0.15, 0.2) is 24.3 Å². The molecule has 33 heavy (non-hydrogen) atoms. The third kappa shape index (κ3) is 9.71. The highest BCUT2D eigenvalue weighted by atomic mass is 16.6. The van der Waals surface area contributed by atoms with Crippen LogP contribution >= 0.6 is 0 Å². The Balaban J connectivity index is 2.58. The van der Waals surface area contributed by atoms with Crippen LogP contribution in [-0.2, 0) is 19.1 Å². The topological polar surface area (TPSA) is 93.1 Å². The highest BCUT2D eigenvalue weighted by Crippen LogP contribution is 2.34. The van der Waals surface area contributed by atoms with Gasteiger partial charge in [-0.05, 0) is 64.2 Å². The minimum atomic E-state index is -1.41. The van der Waals surface area contributed by atoms with E-state index in [0.29, 0.717) is 43.8 Å². The molecule has 0 bridgehead atoms. The molecule has 4 atom stereocenters. The number of unbranched alkanes of at least 4 members (excludes halogenated alkanes) is 2. The number of aliphatic hydroxyl groups excluding tert-OH is 2. The van der Waals surface area contributed by atoms with Gasteiger partial charge in [0.1, 0.15) is 5.78 Å². The van der Waals surface area contributed by atoms with Crippen molar-refractivity contribution < 1.29 is 29.3 Å². The molecule has 0 radical (unpaired) electrons. The summed E-state index contributed by atoms with van der Waals surface area (Å²) >= 11 is 0.